The molecule has 0 saturated heterocycles. The number of hydrogen-bond donors (Lipinski definition) is 0. The van der Waals surface area contributed by atoms with Gasteiger partial charge in [-0.3, -0.25) is 0 Å². The number of halogens is 2. The van der Waals surface area contributed by atoms with E-state index in [2.05, 4.69) is 10.1 Å². The standard InChI is InChI=1S/C20H17ClFN3O2/c1-2-5-18-23-19(25(24-18)13-7-3-6-12(21)10-13)17-11-15-14(20(26)27-17)8-4-9-16(15)22/h3-4,6-10,17H,2,5,11H2,1H3. The van der Waals surface area contributed by atoms with Crippen LogP contribution in [0, 0.1) is 5.82 Å². The summed E-state index contributed by atoms with van der Waals surface area (Å²) < 4.78 is 21.5. The van der Waals surface area contributed by atoms with E-state index < -0.39 is 17.9 Å². The van der Waals surface area contributed by atoms with E-state index in [1.807, 2.05) is 19.1 Å². The largest absolute Gasteiger partial charge is 0.450 e. The molecule has 0 radical (unpaired) electrons. The van der Waals surface area contributed by atoms with E-state index in [1.54, 1.807) is 22.9 Å². The van der Waals surface area contributed by atoms with Crippen molar-refractivity contribution < 1.29 is 13.9 Å². The van der Waals surface area contributed by atoms with Gasteiger partial charge in [0, 0.05) is 23.4 Å². The van der Waals surface area contributed by atoms with Gasteiger partial charge in [-0.05, 0) is 36.8 Å². The Bertz CT molecular complexity index is 1020. The molecule has 138 valence electrons. The minimum absolute atomic E-state index is 0.207. The quantitative estimate of drug-likeness (QED) is 0.622. The van der Waals surface area contributed by atoms with Crippen LogP contribution in [0.5, 0.6) is 0 Å². The summed E-state index contributed by atoms with van der Waals surface area (Å²) in [6.07, 6.45) is 1.05. The normalized spacial score (nSPS) is 16.1. The van der Waals surface area contributed by atoms with E-state index in [0.29, 0.717) is 34.3 Å². The maximum Gasteiger partial charge on any atom is 0.339 e. The number of cyclic esters (lactones) is 1. The first-order valence-corrected chi connectivity index (χ1v) is 9.14. The predicted octanol–water partition coefficient (Wildman–Crippen LogP) is 4.47. The monoisotopic (exact) mass is 385 g/mol. The minimum atomic E-state index is -0.723. The van der Waals surface area contributed by atoms with E-state index in [-0.39, 0.29) is 12.0 Å². The first-order chi connectivity index (χ1) is 13.1. The van der Waals surface area contributed by atoms with Gasteiger partial charge in [-0.15, -0.1) is 0 Å². The van der Waals surface area contributed by atoms with Crippen molar-refractivity contribution in [2.24, 2.45) is 0 Å². The first-order valence-electron chi connectivity index (χ1n) is 8.77. The van der Waals surface area contributed by atoms with Gasteiger partial charge in [0.2, 0.25) is 0 Å². The average Bonchev–Trinajstić information content (AvgIpc) is 3.07. The van der Waals surface area contributed by atoms with Crippen LogP contribution in [0.4, 0.5) is 4.39 Å². The third kappa shape index (κ3) is 3.32. The summed E-state index contributed by atoms with van der Waals surface area (Å²) >= 11 is 6.12. The van der Waals surface area contributed by atoms with Gasteiger partial charge >= 0.3 is 5.97 Å². The van der Waals surface area contributed by atoms with Gasteiger partial charge in [0.1, 0.15) is 5.82 Å². The number of aryl methyl sites for hydroxylation is 1. The molecule has 0 aliphatic carbocycles. The Balaban J connectivity index is 1.79. The van der Waals surface area contributed by atoms with Crippen LogP contribution in [-0.4, -0.2) is 20.7 Å². The summed E-state index contributed by atoms with van der Waals surface area (Å²) in [6, 6.07) is 11.6. The summed E-state index contributed by atoms with van der Waals surface area (Å²) in [5, 5.41) is 5.11. The van der Waals surface area contributed by atoms with Gasteiger partial charge in [-0.2, -0.15) is 5.10 Å². The fourth-order valence-electron chi connectivity index (χ4n) is 3.23. The molecule has 0 amide bonds. The Labute approximate surface area is 160 Å². The number of rotatable bonds is 4. The second-order valence-electron chi connectivity index (χ2n) is 6.39. The number of benzene rings is 2. The molecule has 2 aromatic carbocycles. The lowest BCUT2D eigenvalue weighted by atomic mass is 9.97. The fourth-order valence-corrected chi connectivity index (χ4v) is 3.41. The highest BCUT2D eigenvalue weighted by Crippen LogP contribution is 2.32. The number of carbonyl (C=O) groups is 1. The maximum absolute atomic E-state index is 14.3. The highest BCUT2D eigenvalue weighted by molar-refractivity contribution is 6.30. The summed E-state index contributed by atoms with van der Waals surface area (Å²) in [4.78, 5) is 17.0. The highest BCUT2D eigenvalue weighted by atomic mass is 35.5. The second-order valence-corrected chi connectivity index (χ2v) is 6.83. The molecule has 0 spiro atoms. The van der Waals surface area contributed by atoms with Crippen molar-refractivity contribution in [3.05, 3.63) is 76.1 Å². The molecule has 0 bridgehead atoms. The molecule has 0 saturated carbocycles. The lowest BCUT2D eigenvalue weighted by Gasteiger charge is -2.24. The summed E-state index contributed by atoms with van der Waals surface area (Å²) in [7, 11) is 0. The van der Waals surface area contributed by atoms with Gasteiger partial charge in [0.15, 0.2) is 17.8 Å². The van der Waals surface area contributed by atoms with Crippen LogP contribution in [0.25, 0.3) is 5.69 Å². The zero-order chi connectivity index (χ0) is 19.0. The van der Waals surface area contributed by atoms with Gasteiger partial charge in [0.25, 0.3) is 0 Å². The number of carbonyl (C=O) groups excluding carboxylic acids is 1. The van der Waals surface area contributed by atoms with E-state index >= 15 is 0 Å². The predicted molar refractivity (Wildman–Crippen MR) is 98.6 cm³/mol. The lowest BCUT2D eigenvalue weighted by Crippen LogP contribution is -2.25. The van der Waals surface area contributed by atoms with E-state index in [4.69, 9.17) is 16.3 Å². The molecule has 1 unspecified atom stereocenters. The molecule has 2 heterocycles. The van der Waals surface area contributed by atoms with Crippen molar-refractivity contribution in [3.8, 4) is 5.69 Å². The van der Waals surface area contributed by atoms with Crippen LogP contribution < -0.4 is 0 Å². The van der Waals surface area contributed by atoms with Crippen molar-refractivity contribution in [1.82, 2.24) is 14.8 Å². The third-order valence-electron chi connectivity index (χ3n) is 4.47. The number of fused-ring (bicyclic) bond motifs is 1. The average molecular weight is 386 g/mol. The van der Waals surface area contributed by atoms with Crippen molar-refractivity contribution in [3.63, 3.8) is 0 Å². The van der Waals surface area contributed by atoms with E-state index in [9.17, 15) is 9.18 Å². The third-order valence-corrected chi connectivity index (χ3v) is 4.70. The SMILES string of the molecule is CCCc1nc(C2Cc3c(F)cccc3C(=O)O2)n(-c2cccc(Cl)c2)n1. The molecule has 1 aromatic heterocycles. The Hall–Kier alpha value is -2.73. The van der Waals surface area contributed by atoms with Crippen molar-refractivity contribution in [1.29, 1.82) is 0 Å². The fraction of sp³-hybridized carbons (Fsp3) is 0.250. The van der Waals surface area contributed by atoms with Gasteiger partial charge in [0.05, 0.1) is 11.3 Å². The number of esters is 1. The van der Waals surface area contributed by atoms with Crippen molar-refractivity contribution >= 4 is 17.6 Å². The van der Waals surface area contributed by atoms with Crippen molar-refractivity contribution in [2.75, 3.05) is 0 Å². The molecule has 4 rings (SSSR count). The van der Waals surface area contributed by atoms with Gasteiger partial charge in [-0.1, -0.05) is 30.7 Å². The van der Waals surface area contributed by atoms with Crippen LogP contribution in [0.2, 0.25) is 5.02 Å². The van der Waals surface area contributed by atoms with Crippen LogP contribution >= 0.6 is 11.6 Å². The Kier molecular flexibility index (Phi) is 4.66. The van der Waals surface area contributed by atoms with Crippen LogP contribution in [0.1, 0.15) is 47.0 Å². The molecule has 1 aliphatic heterocycles. The summed E-state index contributed by atoms with van der Waals surface area (Å²) in [5.74, 6) is 0.126. The van der Waals surface area contributed by atoms with Crippen LogP contribution in [0.15, 0.2) is 42.5 Å². The van der Waals surface area contributed by atoms with Crippen LogP contribution in [-0.2, 0) is 17.6 Å². The van der Waals surface area contributed by atoms with E-state index in [0.717, 1.165) is 6.42 Å². The molecular formula is C20H17ClFN3O2. The number of ether oxygens (including phenoxy) is 1. The zero-order valence-electron chi connectivity index (χ0n) is 14.7. The minimum Gasteiger partial charge on any atom is -0.450 e. The Morgan fingerprint density at radius 3 is 2.89 bits per heavy atom. The summed E-state index contributed by atoms with van der Waals surface area (Å²) in [6.45, 7) is 2.03. The maximum atomic E-state index is 14.3. The molecule has 3 aromatic rings. The molecule has 1 atom stereocenters. The topological polar surface area (TPSA) is 57.0 Å². The Morgan fingerprint density at radius 1 is 1.30 bits per heavy atom. The lowest BCUT2D eigenvalue weighted by molar-refractivity contribution is 0.0221. The van der Waals surface area contributed by atoms with Crippen molar-refractivity contribution in [2.45, 2.75) is 32.3 Å². The molecule has 7 heteroatoms. The molecule has 0 fully saturated rings. The number of hydrogen-bond acceptors (Lipinski definition) is 4. The second kappa shape index (κ2) is 7.12. The molecule has 1 aliphatic rings. The highest BCUT2D eigenvalue weighted by Gasteiger charge is 2.33. The Morgan fingerprint density at radius 2 is 2.11 bits per heavy atom. The zero-order valence-corrected chi connectivity index (χ0v) is 15.4. The van der Waals surface area contributed by atoms with Gasteiger partial charge < -0.3 is 4.74 Å². The van der Waals surface area contributed by atoms with E-state index in [1.165, 1.54) is 12.1 Å². The van der Waals surface area contributed by atoms with Gasteiger partial charge in [-0.25, -0.2) is 18.9 Å². The summed E-state index contributed by atoms with van der Waals surface area (Å²) in [5.41, 5.74) is 1.31. The number of aromatic nitrogens is 3. The number of nitrogens with zero attached hydrogens (tertiary/aromatic N) is 3. The molecule has 0 N–H and O–H groups in total. The molecule has 5 nitrogen and oxygen atoms in total. The molecule has 27 heavy (non-hydrogen) atoms. The first kappa shape index (κ1) is 17.7. The smallest absolute Gasteiger partial charge is 0.339 e. The molecular weight excluding hydrogens is 369 g/mol. The van der Waals surface area contributed by atoms with Crippen LogP contribution in [0.3, 0.4) is 0 Å².